The van der Waals surface area contributed by atoms with Crippen LogP contribution in [-0.4, -0.2) is 30.1 Å². The highest BCUT2D eigenvalue weighted by molar-refractivity contribution is 7.92. The number of pyridine rings is 1. The van der Waals surface area contributed by atoms with Gasteiger partial charge in [0.15, 0.2) is 10.8 Å². The van der Waals surface area contributed by atoms with E-state index in [1.807, 2.05) is 6.92 Å². The van der Waals surface area contributed by atoms with E-state index in [0.29, 0.717) is 12.1 Å². The van der Waals surface area contributed by atoms with E-state index in [1.54, 1.807) is 0 Å². The van der Waals surface area contributed by atoms with Gasteiger partial charge >= 0.3 is 0 Å². The Morgan fingerprint density at radius 2 is 2.19 bits per heavy atom. The van der Waals surface area contributed by atoms with Crippen molar-refractivity contribution in [2.45, 2.75) is 24.9 Å². The lowest BCUT2D eigenvalue weighted by molar-refractivity contribution is 0.590. The van der Waals surface area contributed by atoms with Crippen LogP contribution in [0.3, 0.4) is 0 Å². The van der Waals surface area contributed by atoms with Gasteiger partial charge in [0.05, 0.1) is 18.1 Å². The van der Waals surface area contributed by atoms with Crippen LogP contribution in [0.15, 0.2) is 29.7 Å². The summed E-state index contributed by atoms with van der Waals surface area (Å²) in [5, 5.41) is 9.18. The molecule has 0 atom stereocenters. The first-order valence-electron chi connectivity index (χ1n) is 6.40. The van der Waals surface area contributed by atoms with Crippen molar-refractivity contribution in [3.05, 3.63) is 36.0 Å². The van der Waals surface area contributed by atoms with E-state index in [0.717, 1.165) is 19.2 Å². The molecule has 114 valence electrons. The van der Waals surface area contributed by atoms with Gasteiger partial charge < -0.3 is 5.32 Å². The topological polar surface area (TPSA) is 99.8 Å². The third-order valence-corrected chi connectivity index (χ3v) is 4.09. The summed E-state index contributed by atoms with van der Waals surface area (Å²) in [6.07, 6.45) is 4.60. The third-order valence-electron chi connectivity index (χ3n) is 2.71. The minimum absolute atomic E-state index is 0.0812. The zero-order chi connectivity index (χ0) is 15.3. The van der Waals surface area contributed by atoms with Crippen molar-refractivity contribution in [2.24, 2.45) is 0 Å². The normalized spacial score (nSPS) is 11.5. The molecule has 2 aromatic heterocycles. The van der Waals surface area contributed by atoms with Crippen molar-refractivity contribution in [1.82, 2.24) is 20.5 Å². The highest BCUT2D eigenvalue weighted by Gasteiger charge is 2.22. The van der Waals surface area contributed by atoms with Gasteiger partial charge in [-0.3, -0.25) is 14.8 Å². The molecule has 0 aromatic carbocycles. The van der Waals surface area contributed by atoms with Crippen LogP contribution in [0.2, 0.25) is 0 Å². The number of nitrogens with zero attached hydrogens (tertiary/aromatic N) is 2. The molecule has 0 saturated heterocycles. The first kappa shape index (κ1) is 15.4. The first-order chi connectivity index (χ1) is 10.0. The molecule has 0 spiro atoms. The Kier molecular flexibility index (Phi) is 4.86. The molecule has 2 heterocycles. The molecule has 2 rings (SSSR count). The van der Waals surface area contributed by atoms with Gasteiger partial charge in [0.25, 0.3) is 10.0 Å². The lowest BCUT2D eigenvalue weighted by Gasteiger charge is -2.09. The molecule has 0 saturated carbocycles. The number of aromatic nitrogens is 3. The minimum Gasteiger partial charge on any atom is -0.313 e. The Morgan fingerprint density at radius 3 is 2.90 bits per heavy atom. The van der Waals surface area contributed by atoms with Crippen LogP contribution >= 0.6 is 0 Å². The molecule has 0 aliphatic heterocycles. The Labute approximate surface area is 122 Å². The summed E-state index contributed by atoms with van der Waals surface area (Å²) < 4.78 is 40.2. The number of rotatable bonds is 7. The zero-order valence-corrected chi connectivity index (χ0v) is 12.2. The van der Waals surface area contributed by atoms with Crippen LogP contribution < -0.4 is 10.0 Å². The SMILES string of the molecule is CCCNCc1cn[nH]c1S(=O)(=O)Nc1ccncc1F. The van der Waals surface area contributed by atoms with Gasteiger partial charge in [0.2, 0.25) is 0 Å². The predicted molar refractivity (Wildman–Crippen MR) is 75.6 cm³/mol. The van der Waals surface area contributed by atoms with Crippen molar-refractivity contribution >= 4 is 15.7 Å². The molecule has 7 nitrogen and oxygen atoms in total. The molecule has 0 radical (unpaired) electrons. The fourth-order valence-corrected chi connectivity index (χ4v) is 2.91. The number of hydrogen-bond donors (Lipinski definition) is 3. The Balaban J connectivity index is 2.20. The summed E-state index contributed by atoms with van der Waals surface area (Å²) in [5.74, 6) is -0.744. The van der Waals surface area contributed by atoms with E-state index in [1.165, 1.54) is 18.5 Å². The highest BCUT2D eigenvalue weighted by atomic mass is 32.2. The second kappa shape index (κ2) is 6.64. The summed E-state index contributed by atoms with van der Waals surface area (Å²) in [6.45, 7) is 3.13. The first-order valence-corrected chi connectivity index (χ1v) is 7.88. The maximum absolute atomic E-state index is 13.5. The summed E-state index contributed by atoms with van der Waals surface area (Å²) >= 11 is 0. The summed E-state index contributed by atoms with van der Waals surface area (Å²) in [7, 11) is -3.94. The number of nitrogens with one attached hydrogen (secondary N) is 3. The lowest BCUT2D eigenvalue weighted by Crippen LogP contribution is -2.19. The predicted octanol–water partition coefficient (Wildman–Crippen LogP) is 1.24. The molecule has 9 heteroatoms. The van der Waals surface area contributed by atoms with Crippen molar-refractivity contribution in [1.29, 1.82) is 0 Å². The average molecular weight is 313 g/mol. The molecular formula is C12H16FN5O2S. The van der Waals surface area contributed by atoms with Gasteiger partial charge in [-0.25, -0.2) is 4.39 Å². The van der Waals surface area contributed by atoms with Gasteiger partial charge in [-0.2, -0.15) is 13.5 Å². The van der Waals surface area contributed by atoms with Crippen molar-refractivity contribution < 1.29 is 12.8 Å². The Hall–Kier alpha value is -2.00. The van der Waals surface area contributed by atoms with Crippen LogP contribution in [-0.2, 0) is 16.6 Å². The average Bonchev–Trinajstić information content (AvgIpc) is 2.91. The fraction of sp³-hybridized carbons (Fsp3) is 0.333. The van der Waals surface area contributed by atoms with Crippen LogP contribution in [0.5, 0.6) is 0 Å². The molecular weight excluding hydrogens is 297 g/mol. The van der Waals surface area contributed by atoms with E-state index in [2.05, 4.69) is 25.2 Å². The number of halogens is 1. The van der Waals surface area contributed by atoms with Crippen LogP contribution in [0, 0.1) is 5.82 Å². The highest BCUT2D eigenvalue weighted by Crippen LogP contribution is 2.19. The smallest absolute Gasteiger partial charge is 0.279 e. The van der Waals surface area contributed by atoms with Crippen molar-refractivity contribution in [2.75, 3.05) is 11.3 Å². The summed E-state index contributed by atoms with van der Waals surface area (Å²) in [6, 6.07) is 1.25. The summed E-state index contributed by atoms with van der Waals surface area (Å²) in [4.78, 5) is 3.57. The number of aromatic amines is 1. The van der Waals surface area contributed by atoms with E-state index in [9.17, 15) is 12.8 Å². The molecule has 0 bridgehead atoms. The second-order valence-corrected chi connectivity index (χ2v) is 5.98. The zero-order valence-electron chi connectivity index (χ0n) is 11.4. The second-order valence-electron chi connectivity index (χ2n) is 4.36. The summed E-state index contributed by atoms with van der Waals surface area (Å²) in [5.41, 5.74) is 0.331. The van der Waals surface area contributed by atoms with E-state index in [4.69, 9.17) is 0 Å². The van der Waals surface area contributed by atoms with Gasteiger partial charge in [0.1, 0.15) is 0 Å². The van der Waals surface area contributed by atoms with E-state index < -0.39 is 15.8 Å². The molecule has 0 amide bonds. The quantitative estimate of drug-likeness (QED) is 0.668. The molecule has 21 heavy (non-hydrogen) atoms. The molecule has 2 aromatic rings. The Bertz CT molecular complexity index is 701. The Morgan fingerprint density at radius 1 is 1.38 bits per heavy atom. The van der Waals surface area contributed by atoms with Crippen LogP contribution in [0.1, 0.15) is 18.9 Å². The monoisotopic (exact) mass is 313 g/mol. The maximum Gasteiger partial charge on any atom is 0.279 e. The standard InChI is InChI=1S/C12H16FN5O2S/c1-2-4-14-6-9-7-16-17-12(9)21(19,20)18-11-3-5-15-8-10(11)13/h3,5,7-8,14H,2,4,6H2,1H3,(H,15,18)(H,16,17). The fourth-order valence-electron chi connectivity index (χ4n) is 1.71. The van der Waals surface area contributed by atoms with Gasteiger partial charge in [0, 0.05) is 18.3 Å². The molecule has 3 N–H and O–H groups in total. The number of sulfonamides is 1. The van der Waals surface area contributed by atoms with Crippen molar-refractivity contribution in [3.8, 4) is 0 Å². The van der Waals surface area contributed by atoms with Gasteiger partial charge in [-0.05, 0) is 19.0 Å². The lowest BCUT2D eigenvalue weighted by atomic mass is 10.3. The van der Waals surface area contributed by atoms with Crippen LogP contribution in [0.25, 0.3) is 0 Å². The largest absolute Gasteiger partial charge is 0.313 e. The van der Waals surface area contributed by atoms with E-state index >= 15 is 0 Å². The maximum atomic E-state index is 13.5. The molecule has 0 fully saturated rings. The van der Waals surface area contributed by atoms with Gasteiger partial charge in [-0.1, -0.05) is 6.92 Å². The van der Waals surface area contributed by atoms with Crippen molar-refractivity contribution in [3.63, 3.8) is 0 Å². The van der Waals surface area contributed by atoms with Crippen LogP contribution in [0.4, 0.5) is 10.1 Å². The molecule has 0 unspecified atom stereocenters. The third kappa shape index (κ3) is 3.76. The van der Waals surface area contributed by atoms with E-state index in [-0.39, 0.29) is 10.7 Å². The molecule has 0 aliphatic rings. The van der Waals surface area contributed by atoms with Gasteiger partial charge in [-0.15, -0.1) is 0 Å². The number of H-pyrrole nitrogens is 1. The minimum atomic E-state index is -3.94. The molecule has 0 aliphatic carbocycles. The number of hydrogen-bond acceptors (Lipinski definition) is 5. The number of anilines is 1.